The van der Waals surface area contributed by atoms with E-state index < -0.39 is 0 Å². The van der Waals surface area contributed by atoms with Gasteiger partial charge < -0.3 is 14.6 Å². The highest BCUT2D eigenvalue weighted by molar-refractivity contribution is 8.00. The number of nitrogens with one attached hydrogen (secondary N) is 1. The van der Waals surface area contributed by atoms with Crippen LogP contribution in [-0.4, -0.2) is 45.5 Å². The number of anilines is 2. The van der Waals surface area contributed by atoms with Crippen LogP contribution in [0.2, 0.25) is 0 Å². The molecule has 6 heteroatoms. The van der Waals surface area contributed by atoms with Crippen molar-refractivity contribution in [3.05, 3.63) is 18.6 Å². The van der Waals surface area contributed by atoms with Crippen molar-refractivity contribution >= 4 is 29.0 Å². The molecule has 1 unspecified atom stereocenters. The van der Waals surface area contributed by atoms with Crippen molar-refractivity contribution in [3.63, 3.8) is 0 Å². The van der Waals surface area contributed by atoms with E-state index in [-0.39, 0.29) is 0 Å². The Morgan fingerprint density at radius 2 is 2.42 bits per heavy atom. The highest BCUT2D eigenvalue weighted by Gasteiger charge is 2.22. The molecule has 0 radical (unpaired) electrons. The summed E-state index contributed by atoms with van der Waals surface area (Å²) in [6.45, 7) is 4.36. The molecular formula is C13H19N5S. The Morgan fingerprint density at radius 3 is 3.21 bits per heavy atom. The van der Waals surface area contributed by atoms with Crippen LogP contribution in [0.4, 0.5) is 11.6 Å². The molecule has 3 rings (SSSR count). The molecule has 0 spiro atoms. The molecule has 2 aromatic heterocycles. The number of nitrogens with zero attached hydrogens (tertiary/aromatic N) is 4. The summed E-state index contributed by atoms with van der Waals surface area (Å²) in [6, 6.07) is 0. The van der Waals surface area contributed by atoms with Crippen LogP contribution in [0.25, 0.3) is 5.65 Å². The molecule has 19 heavy (non-hydrogen) atoms. The Balaban J connectivity index is 2.00. The maximum atomic E-state index is 4.71. The second-order valence-corrected chi connectivity index (χ2v) is 6.11. The number of imidazole rings is 1. The first kappa shape index (κ1) is 12.6. The third-order valence-electron chi connectivity index (χ3n) is 3.51. The zero-order valence-electron chi connectivity index (χ0n) is 11.3. The largest absolute Gasteiger partial charge is 0.372 e. The van der Waals surface area contributed by atoms with Crippen LogP contribution in [0, 0.1) is 0 Å². The van der Waals surface area contributed by atoms with Crippen LogP contribution < -0.4 is 10.2 Å². The van der Waals surface area contributed by atoms with Gasteiger partial charge in [0.1, 0.15) is 5.82 Å². The van der Waals surface area contributed by atoms with E-state index in [1.165, 1.54) is 6.42 Å². The second-order valence-electron chi connectivity index (χ2n) is 4.70. The van der Waals surface area contributed by atoms with Gasteiger partial charge in [0.05, 0.1) is 6.20 Å². The Morgan fingerprint density at radius 1 is 1.53 bits per heavy atom. The lowest BCUT2D eigenvalue weighted by Crippen LogP contribution is -2.38. The number of fused-ring (bicyclic) bond motifs is 1. The van der Waals surface area contributed by atoms with Crippen molar-refractivity contribution in [1.29, 1.82) is 0 Å². The van der Waals surface area contributed by atoms with Crippen molar-refractivity contribution in [3.8, 4) is 0 Å². The molecule has 0 saturated carbocycles. The van der Waals surface area contributed by atoms with Gasteiger partial charge in [-0.2, -0.15) is 11.8 Å². The predicted octanol–water partition coefficient (Wildman–Crippen LogP) is 2.10. The van der Waals surface area contributed by atoms with Gasteiger partial charge >= 0.3 is 0 Å². The van der Waals surface area contributed by atoms with Gasteiger partial charge in [0.15, 0.2) is 11.5 Å². The van der Waals surface area contributed by atoms with Crippen molar-refractivity contribution in [2.45, 2.75) is 18.6 Å². The lowest BCUT2D eigenvalue weighted by atomic mass is 10.3. The molecule has 0 aromatic carbocycles. The first-order chi connectivity index (χ1) is 9.31. The zero-order valence-corrected chi connectivity index (χ0v) is 12.2. The Hall–Kier alpha value is -1.43. The minimum absolute atomic E-state index is 0.698. The molecule has 3 heterocycles. The first-order valence-electron chi connectivity index (χ1n) is 6.70. The average molecular weight is 277 g/mol. The molecule has 1 atom stereocenters. The lowest BCUT2D eigenvalue weighted by molar-refractivity contribution is 0.720. The van der Waals surface area contributed by atoms with Crippen LogP contribution in [0.5, 0.6) is 0 Å². The van der Waals surface area contributed by atoms with E-state index in [9.17, 15) is 0 Å². The normalized spacial score (nSPS) is 19.9. The van der Waals surface area contributed by atoms with Crippen molar-refractivity contribution in [2.75, 3.05) is 36.1 Å². The number of hydrogen-bond acceptors (Lipinski definition) is 5. The number of hydrogen-bond donors (Lipinski definition) is 1. The highest BCUT2D eigenvalue weighted by Crippen LogP contribution is 2.27. The molecule has 1 N–H and O–H groups in total. The fourth-order valence-corrected chi connectivity index (χ4v) is 3.59. The molecule has 0 bridgehead atoms. The van der Waals surface area contributed by atoms with Gasteiger partial charge in [-0.15, -0.1) is 0 Å². The number of aromatic nitrogens is 3. The van der Waals surface area contributed by atoms with E-state index in [0.29, 0.717) is 5.25 Å². The SMILES string of the molecule is CCC1CN(c2nc(NC)cn3ccnc23)CCS1. The molecule has 5 nitrogen and oxygen atoms in total. The van der Waals surface area contributed by atoms with E-state index in [1.807, 2.05) is 30.0 Å². The molecule has 102 valence electrons. The lowest BCUT2D eigenvalue weighted by Gasteiger charge is -2.33. The molecule has 1 fully saturated rings. The van der Waals surface area contributed by atoms with Crippen LogP contribution >= 0.6 is 11.8 Å². The maximum Gasteiger partial charge on any atom is 0.180 e. The van der Waals surface area contributed by atoms with Gasteiger partial charge in [0.25, 0.3) is 0 Å². The Kier molecular flexibility index (Phi) is 3.50. The molecular weight excluding hydrogens is 258 g/mol. The Bertz CT molecular complexity index is 567. The van der Waals surface area contributed by atoms with Crippen molar-refractivity contribution < 1.29 is 0 Å². The van der Waals surface area contributed by atoms with Crippen LogP contribution in [-0.2, 0) is 0 Å². The van der Waals surface area contributed by atoms with E-state index >= 15 is 0 Å². The minimum atomic E-state index is 0.698. The molecule has 1 aliphatic heterocycles. The monoisotopic (exact) mass is 277 g/mol. The topological polar surface area (TPSA) is 45.5 Å². The van der Waals surface area contributed by atoms with Gasteiger partial charge in [-0.05, 0) is 6.42 Å². The summed E-state index contributed by atoms with van der Waals surface area (Å²) in [6.07, 6.45) is 6.98. The van der Waals surface area contributed by atoms with E-state index in [1.54, 1.807) is 0 Å². The standard InChI is InChI=1S/C13H19N5S/c1-3-10-8-18(6-7-19-10)13-12-15-4-5-17(12)9-11(14-2)16-13/h4-5,9-10,14H,3,6-8H2,1-2H3. The van der Waals surface area contributed by atoms with Gasteiger partial charge in [0, 0.05) is 43.5 Å². The average Bonchev–Trinajstić information content (AvgIpc) is 2.94. The smallest absolute Gasteiger partial charge is 0.180 e. The summed E-state index contributed by atoms with van der Waals surface area (Å²) in [5.74, 6) is 3.04. The molecule has 2 aromatic rings. The zero-order chi connectivity index (χ0) is 13.2. The number of rotatable bonds is 3. The highest BCUT2D eigenvalue weighted by atomic mass is 32.2. The van der Waals surface area contributed by atoms with Crippen LogP contribution in [0.1, 0.15) is 13.3 Å². The van der Waals surface area contributed by atoms with Crippen molar-refractivity contribution in [2.24, 2.45) is 0 Å². The fourth-order valence-electron chi connectivity index (χ4n) is 2.41. The second kappa shape index (κ2) is 5.28. The quantitative estimate of drug-likeness (QED) is 0.931. The first-order valence-corrected chi connectivity index (χ1v) is 7.74. The summed E-state index contributed by atoms with van der Waals surface area (Å²) in [4.78, 5) is 11.5. The summed E-state index contributed by atoms with van der Waals surface area (Å²) < 4.78 is 2.04. The molecule has 0 aliphatic carbocycles. The third kappa shape index (κ3) is 2.36. The van der Waals surface area contributed by atoms with E-state index in [0.717, 1.165) is 36.1 Å². The summed E-state index contributed by atoms with van der Waals surface area (Å²) >= 11 is 2.07. The number of thioether (sulfide) groups is 1. The fraction of sp³-hybridized carbons (Fsp3) is 0.538. The van der Waals surface area contributed by atoms with Crippen LogP contribution in [0.15, 0.2) is 18.6 Å². The Labute approximate surface area is 117 Å². The molecule has 1 aliphatic rings. The van der Waals surface area contributed by atoms with Gasteiger partial charge in [-0.25, -0.2) is 9.97 Å². The maximum absolute atomic E-state index is 4.71. The van der Waals surface area contributed by atoms with Gasteiger partial charge in [-0.3, -0.25) is 0 Å². The molecule has 0 amide bonds. The third-order valence-corrected chi connectivity index (χ3v) is 4.88. The van der Waals surface area contributed by atoms with E-state index in [4.69, 9.17) is 4.98 Å². The van der Waals surface area contributed by atoms with Crippen LogP contribution in [0.3, 0.4) is 0 Å². The minimum Gasteiger partial charge on any atom is -0.372 e. The predicted molar refractivity (Wildman–Crippen MR) is 81.3 cm³/mol. The van der Waals surface area contributed by atoms with E-state index in [2.05, 4.69) is 33.9 Å². The summed E-state index contributed by atoms with van der Waals surface area (Å²) in [7, 11) is 1.90. The van der Waals surface area contributed by atoms with Gasteiger partial charge in [-0.1, -0.05) is 6.92 Å². The van der Waals surface area contributed by atoms with Gasteiger partial charge in [0.2, 0.25) is 0 Å². The summed E-state index contributed by atoms with van der Waals surface area (Å²) in [5.41, 5.74) is 0.945. The molecule has 1 saturated heterocycles. The summed E-state index contributed by atoms with van der Waals surface area (Å²) in [5, 5.41) is 3.82. The van der Waals surface area contributed by atoms with Crippen molar-refractivity contribution in [1.82, 2.24) is 14.4 Å².